The number of halogens is 1. The fourth-order valence-electron chi connectivity index (χ4n) is 4.10. The van der Waals surface area contributed by atoms with E-state index in [9.17, 15) is 9.90 Å². The van der Waals surface area contributed by atoms with Gasteiger partial charge in [-0.25, -0.2) is 4.79 Å². The standard InChI is InChI=1S/C25H19ClN2O5S2/c1-13(17-5-3-4-6-18(17)26)31-24(30)27-21-14(2)32-28-19(21)8-7-16-11-15-12-20-25(9-10-25)23(29)35(20)33-22(15)34-16/h3-6,11-13,29H,9-10H2,1-2H3,(H,27,30). The first kappa shape index (κ1) is 22.4. The van der Waals surface area contributed by atoms with Crippen molar-refractivity contribution in [2.24, 2.45) is 5.41 Å². The van der Waals surface area contributed by atoms with E-state index < -0.39 is 23.0 Å². The second-order valence-electron chi connectivity index (χ2n) is 8.51. The van der Waals surface area contributed by atoms with E-state index in [2.05, 4.69) is 28.4 Å². The SMILES string of the molecule is Cc1onc(C#Cc2cc3c(s2)OS2=C(O)C4(CC4)C2=C3)c1NC(=O)OC(C)c1ccccc1Cl. The zero-order valence-corrected chi connectivity index (χ0v) is 21.1. The molecule has 1 saturated carbocycles. The number of rotatable bonds is 3. The number of aliphatic hydroxyl groups excluding tert-OH is 1. The van der Waals surface area contributed by atoms with Crippen molar-refractivity contribution in [1.82, 2.24) is 5.16 Å². The topological polar surface area (TPSA) is 93.8 Å². The third-order valence-corrected chi connectivity index (χ3v) is 9.58. The lowest BCUT2D eigenvalue weighted by Gasteiger charge is -2.35. The summed E-state index contributed by atoms with van der Waals surface area (Å²) >= 11 is 7.61. The lowest BCUT2D eigenvalue weighted by Crippen LogP contribution is -2.30. The molecular weight excluding hydrogens is 508 g/mol. The predicted octanol–water partition coefficient (Wildman–Crippen LogP) is 6.81. The summed E-state index contributed by atoms with van der Waals surface area (Å²) in [5.74, 6) is 6.46. The van der Waals surface area contributed by atoms with Crippen LogP contribution in [0.25, 0.3) is 6.08 Å². The van der Waals surface area contributed by atoms with Crippen molar-refractivity contribution in [3.05, 3.63) is 67.7 Å². The van der Waals surface area contributed by atoms with Crippen LogP contribution in [0.3, 0.4) is 0 Å². The summed E-state index contributed by atoms with van der Waals surface area (Å²) in [7, 11) is -0.623. The third kappa shape index (κ3) is 3.78. The van der Waals surface area contributed by atoms with E-state index >= 15 is 0 Å². The Labute approximate surface area is 212 Å². The van der Waals surface area contributed by atoms with Gasteiger partial charge in [0.1, 0.15) is 16.8 Å². The quantitative estimate of drug-likeness (QED) is 0.288. The summed E-state index contributed by atoms with van der Waals surface area (Å²) in [6.45, 7) is 3.43. The Morgan fingerprint density at radius 3 is 2.94 bits per heavy atom. The van der Waals surface area contributed by atoms with Crippen molar-refractivity contribution in [2.45, 2.75) is 32.8 Å². The van der Waals surface area contributed by atoms with Gasteiger partial charge < -0.3 is 18.5 Å². The molecule has 7 nitrogen and oxygen atoms in total. The second-order valence-corrected chi connectivity index (χ2v) is 11.5. The molecule has 2 atom stereocenters. The third-order valence-electron chi connectivity index (χ3n) is 6.20. The maximum absolute atomic E-state index is 12.5. The van der Waals surface area contributed by atoms with Crippen molar-refractivity contribution in [3.8, 4) is 16.9 Å². The molecule has 2 unspecified atom stereocenters. The molecule has 0 radical (unpaired) electrons. The Morgan fingerprint density at radius 1 is 1.37 bits per heavy atom. The summed E-state index contributed by atoms with van der Waals surface area (Å²) in [6, 6.07) is 9.15. The number of carbonyl (C=O) groups is 1. The Hall–Kier alpha value is -3.03. The van der Waals surface area contributed by atoms with Crippen LogP contribution in [0.2, 0.25) is 5.02 Å². The molecule has 2 aromatic heterocycles. The van der Waals surface area contributed by atoms with Gasteiger partial charge in [0.05, 0.1) is 21.1 Å². The number of benzene rings is 1. The molecule has 1 aromatic carbocycles. The first-order chi connectivity index (χ1) is 16.9. The van der Waals surface area contributed by atoms with Gasteiger partial charge in [-0.1, -0.05) is 46.3 Å². The molecule has 1 aliphatic carbocycles. The lowest BCUT2D eigenvalue weighted by molar-refractivity contribution is 0.121. The number of thiophene rings is 1. The van der Waals surface area contributed by atoms with Crippen LogP contribution in [0.1, 0.15) is 53.3 Å². The molecule has 6 rings (SSSR count). The van der Waals surface area contributed by atoms with Crippen LogP contribution < -0.4 is 9.50 Å². The molecule has 1 fully saturated rings. The molecule has 1 spiro atoms. The second kappa shape index (κ2) is 8.28. The maximum atomic E-state index is 12.5. The van der Waals surface area contributed by atoms with Crippen LogP contribution in [0, 0.1) is 24.2 Å². The van der Waals surface area contributed by atoms with Gasteiger partial charge in [0.25, 0.3) is 0 Å². The Kier molecular flexibility index (Phi) is 5.31. The van der Waals surface area contributed by atoms with Crippen molar-refractivity contribution >= 4 is 56.6 Å². The Balaban J connectivity index is 1.18. The molecular formula is C25H19ClN2O5S2. The fraction of sp³-hybridized carbons (Fsp3) is 0.240. The molecule has 2 aliphatic heterocycles. The predicted molar refractivity (Wildman–Crippen MR) is 137 cm³/mol. The van der Waals surface area contributed by atoms with Gasteiger partial charge in [-0.05, 0) is 56.7 Å². The van der Waals surface area contributed by atoms with E-state index in [0.29, 0.717) is 32.8 Å². The summed E-state index contributed by atoms with van der Waals surface area (Å²) in [5, 5.41) is 18.7. The molecule has 1 amide bonds. The van der Waals surface area contributed by atoms with Gasteiger partial charge in [-0.2, -0.15) is 0 Å². The monoisotopic (exact) mass is 526 g/mol. The molecule has 0 saturated heterocycles. The Bertz CT molecular complexity index is 1520. The summed E-state index contributed by atoms with van der Waals surface area (Å²) < 4.78 is 16.7. The highest BCUT2D eigenvalue weighted by molar-refractivity contribution is 8.17. The number of carbonyl (C=O) groups excluding carboxylic acids is 1. The number of nitrogens with one attached hydrogen (secondary N) is 1. The van der Waals surface area contributed by atoms with Crippen LogP contribution in [0.4, 0.5) is 10.5 Å². The molecule has 178 valence electrons. The smallest absolute Gasteiger partial charge is 0.412 e. The van der Waals surface area contributed by atoms with Crippen LogP contribution in [0.5, 0.6) is 5.06 Å². The van der Waals surface area contributed by atoms with Crippen molar-refractivity contribution in [1.29, 1.82) is 0 Å². The number of nitrogens with zero attached hydrogens (tertiary/aromatic N) is 1. The molecule has 10 heteroatoms. The van der Waals surface area contributed by atoms with E-state index in [4.69, 9.17) is 25.0 Å². The summed E-state index contributed by atoms with van der Waals surface area (Å²) in [5.41, 5.74) is 2.20. The van der Waals surface area contributed by atoms with Crippen LogP contribution >= 0.6 is 33.7 Å². The van der Waals surface area contributed by atoms with E-state index in [1.165, 1.54) is 16.2 Å². The molecule has 0 bridgehead atoms. The minimum Gasteiger partial charge on any atom is -0.441 e. The van der Waals surface area contributed by atoms with Gasteiger partial charge in [0, 0.05) is 21.1 Å². The normalized spacial score (nSPS) is 19.3. The molecule has 2 N–H and O–H groups in total. The fourth-order valence-corrected chi connectivity index (χ4v) is 7.48. The van der Waals surface area contributed by atoms with E-state index in [-0.39, 0.29) is 5.41 Å². The number of aryl methyl sites for hydroxylation is 1. The zero-order valence-electron chi connectivity index (χ0n) is 18.7. The minimum atomic E-state index is -0.667. The highest BCUT2D eigenvalue weighted by Gasteiger charge is 2.60. The van der Waals surface area contributed by atoms with Gasteiger partial charge in [-0.3, -0.25) is 5.32 Å². The number of ether oxygens (including phenoxy) is 1. The van der Waals surface area contributed by atoms with Crippen molar-refractivity contribution in [2.75, 3.05) is 5.32 Å². The van der Waals surface area contributed by atoms with Crippen LogP contribution in [-0.2, 0) is 4.74 Å². The van der Waals surface area contributed by atoms with Crippen LogP contribution in [0.15, 0.2) is 39.8 Å². The van der Waals surface area contributed by atoms with Gasteiger partial charge >= 0.3 is 6.09 Å². The van der Waals surface area contributed by atoms with Gasteiger partial charge in [0.15, 0.2) is 16.5 Å². The van der Waals surface area contributed by atoms with Crippen LogP contribution in [-0.4, -0.2) is 21.4 Å². The first-order valence-corrected chi connectivity index (χ1v) is 13.3. The highest BCUT2D eigenvalue weighted by Crippen LogP contribution is 2.69. The van der Waals surface area contributed by atoms with Gasteiger partial charge in [-0.15, -0.1) is 0 Å². The number of amides is 1. The number of anilines is 1. The average molecular weight is 527 g/mol. The van der Waals surface area contributed by atoms with Crippen molar-refractivity contribution in [3.63, 3.8) is 0 Å². The molecule has 4 heterocycles. The number of aromatic nitrogens is 1. The lowest BCUT2D eigenvalue weighted by atomic mass is 10.1. The van der Waals surface area contributed by atoms with E-state index in [1.807, 2.05) is 18.2 Å². The largest absolute Gasteiger partial charge is 0.441 e. The summed E-state index contributed by atoms with van der Waals surface area (Å²) in [4.78, 5) is 14.5. The number of hydrogen-bond acceptors (Lipinski definition) is 6. The molecule has 3 aliphatic rings. The zero-order chi connectivity index (χ0) is 24.3. The first-order valence-electron chi connectivity index (χ1n) is 10.9. The number of fused-ring (bicyclic) bond motifs is 3. The minimum absolute atomic E-state index is 0.120. The number of hydrogen-bond donors (Lipinski definition) is 2. The van der Waals surface area contributed by atoms with E-state index in [0.717, 1.165) is 28.3 Å². The maximum Gasteiger partial charge on any atom is 0.412 e. The molecule has 3 aromatic rings. The highest BCUT2D eigenvalue weighted by atomic mass is 35.5. The number of aliphatic hydroxyl groups is 1. The van der Waals surface area contributed by atoms with Crippen molar-refractivity contribution < 1.29 is 23.3 Å². The summed E-state index contributed by atoms with van der Waals surface area (Å²) in [6.07, 6.45) is 2.89. The average Bonchev–Trinajstić information content (AvgIpc) is 3.49. The Morgan fingerprint density at radius 2 is 2.17 bits per heavy atom. The molecule has 35 heavy (non-hydrogen) atoms. The van der Waals surface area contributed by atoms with Gasteiger partial charge in [0.2, 0.25) is 0 Å². The van der Waals surface area contributed by atoms with E-state index in [1.54, 1.807) is 26.0 Å².